The summed E-state index contributed by atoms with van der Waals surface area (Å²) in [5.41, 5.74) is 2.35. The van der Waals surface area contributed by atoms with Gasteiger partial charge < -0.3 is 15.7 Å². The lowest BCUT2D eigenvalue weighted by Gasteiger charge is -2.17. The highest BCUT2D eigenvalue weighted by Gasteiger charge is 2.15. The van der Waals surface area contributed by atoms with Gasteiger partial charge in [0.1, 0.15) is 5.82 Å². The number of rotatable bonds is 10. The number of nitrogens with one attached hydrogen (secondary N) is 4. The van der Waals surface area contributed by atoms with Gasteiger partial charge in [-0.2, -0.15) is 4.98 Å². The molecule has 4 rings (SSSR count). The maximum Gasteiger partial charge on any atom is 0.261 e. The Morgan fingerprint density at radius 1 is 0.921 bits per heavy atom. The first-order valence-corrected chi connectivity index (χ1v) is 15.0. The van der Waals surface area contributed by atoms with Gasteiger partial charge in [0.05, 0.1) is 21.2 Å². The highest BCUT2D eigenvalue weighted by atomic mass is 32.2. The number of hydrogen-bond donors (Lipinski definition) is 5. The van der Waals surface area contributed by atoms with Crippen LogP contribution in [0.1, 0.15) is 6.92 Å². The SMILES string of the molecule is CC(CO)Nc1nc(Nc2cccc(S(C)(=N)=O)c2)ncc1-c1ccc(NS(=O)(=O)c2ccccc2)cc1. The summed E-state index contributed by atoms with van der Waals surface area (Å²) >= 11 is 0. The van der Waals surface area contributed by atoms with E-state index in [1.807, 2.05) is 0 Å². The fourth-order valence-electron chi connectivity index (χ4n) is 3.52. The number of hydrogen-bond acceptors (Lipinski definition) is 9. The summed E-state index contributed by atoms with van der Waals surface area (Å²) < 4.78 is 47.8. The summed E-state index contributed by atoms with van der Waals surface area (Å²) in [6.45, 7) is 1.68. The van der Waals surface area contributed by atoms with Crippen LogP contribution >= 0.6 is 0 Å². The van der Waals surface area contributed by atoms with E-state index in [0.29, 0.717) is 27.7 Å². The third-order valence-electron chi connectivity index (χ3n) is 5.49. The summed E-state index contributed by atoms with van der Waals surface area (Å²) in [4.78, 5) is 9.52. The molecule has 0 spiro atoms. The Kier molecular flexibility index (Phi) is 7.95. The largest absolute Gasteiger partial charge is 0.394 e. The van der Waals surface area contributed by atoms with Crippen molar-refractivity contribution in [1.29, 1.82) is 4.78 Å². The predicted octanol–water partition coefficient (Wildman–Crippen LogP) is 4.52. The van der Waals surface area contributed by atoms with Gasteiger partial charge in [0.2, 0.25) is 5.95 Å². The molecule has 5 N–H and O–H groups in total. The molecule has 0 saturated carbocycles. The lowest BCUT2D eigenvalue weighted by atomic mass is 10.1. The van der Waals surface area contributed by atoms with Gasteiger partial charge >= 0.3 is 0 Å². The molecule has 12 heteroatoms. The van der Waals surface area contributed by atoms with Crippen LogP contribution in [0.4, 0.5) is 23.1 Å². The van der Waals surface area contributed by atoms with Gasteiger partial charge in [0, 0.05) is 40.3 Å². The van der Waals surface area contributed by atoms with Crippen LogP contribution in [0.5, 0.6) is 0 Å². The third kappa shape index (κ3) is 6.65. The number of aromatic nitrogens is 2. The van der Waals surface area contributed by atoms with Crippen molar-refractivity contribution in [1.82, 2.24) is 9.97 Å². The molecule has 0 fully saturated rings. The molecule has 0 amide bonds. The Labute approximate surface area is 222 Å². The van der Waals surface area contributed by atoms with Crippen molar-refractivity contribution in [2.45, 2.75) is 22.8 Å². The second kappa shape index (κ2) is 11.2. The molecule has 0 aliphatic rings. The monoisotopic (exact) mass is 552 g/mol. The van der Waals surface area contributed by atoms with Crippen LogP contribution in [-0.4, -0.2) is 46.6 Å². The van der Waals surface area contributed by atoms with Crippen LogP contribution in [0, 0.1) is 4.78 Å². The molecular weight excluding hydrogens is 524 g/mol. The van der Waals surface area contributed by atoms with E-state index in [9.17, 15) is 17.7 Å². The number of aliphatic hydroxyl groups excluding tert-OH is 1. The van der Waals surface area contributed by atoms with E-state index in [1.165, 1.54) is 18.4 Å². The first-order chi connectivity index (χ1) is 18.0. The van der Waals surface area contributed by atoms with Gasteiger partial charge in [-0.1, -0.05) is 36.4 Å². The maximum absolute atomic E-state index is 12.6. The van der Waals surface area contributed by atoms with Crippen LogP contribution in [0.2, 0.25) is 0 Å². The molecule has 10 nitrogen and oxygen atoms in total. The summed E-state index contributed by atoms with van der Waals surface area (Å²) in [6, 6.07) is 21.3. The summed E-state index contributed by atoms with van der Waals surface area (Å²) in [5, 5.41) is 15.8. The van der Waals surface area contributed by atoms with Gasteiger partial charge in [-0.15, -0.1) is 0 Å². The minimum absolute atomic E-state index is 0.122. The van der Waals surface area contributed by atoms with Gasteiger partial charge in [0.15, 0.2) is 0 Å². The molecular formula is C26H28N6O4S2. The Morgan fingerprint density at radius 2 is 1.61 bits per heavy atom. The number of anilines is 4. The van der Waals surface area contributed by atoms with E-state index in [0.717, 1.165) is 5.56 Å². The van der Waals surface area contributed by atoms with Gasteiger partial charge in [-0.3, -0.25) is 4.72 Å². The number of aliphatic hydroxyl groups is 1. The normalized spacial score (nSPS) is 13.8. The molecule has 38 heavy (non-hydrogen) atoms. The van der Waals surface area contributed by atoms with Gasteiger partial charge in [-0.25, -0.2) is 22.4 Å². The summed E-state index contributed by atoms with van der Waals surface area (Å²) in [5.74, 6) is 0.718. The molecule has 1 heterocycles. The van der Waals surface area contributed by atoms with E-state index in [2.05, 4.69) is 25.3 Å². The van der Waals surface area contributed by atoms with Crippen molar-refractivity contribution in [3.63, 3.8) is 0 Å². The maximum atomic E-state index is 12.6. The second-order valence-corrected chi connectivity index (χ2v) is 12.5. The molecule has 0 aliphatic heterocycles. The topological polar surface area (TPSA) is 157 Å². The van der Waals surface area contributed by atoms with E-state index in [-0.39, 0.29) is 23.5 Å². The van der Waals surface area contributed by atoms with Crippen molar-refractivity contribution >= 4 is 42.9 Å². The first-order valence-electron chi connectivity index (χ1n) is 11.6. The van der Waals surface area contributed by atoms with Crippen molar-refractivity contribution in [3.8, 4) is 11.1 Å². The molecule has 0 aliphatic carbocycles. The van der Waals surface area contributed by atoms with E-state index in [4.69, 9.17) is 4.78 Å². The number of nitrogens with zero attached hydrogens (tertiary/aromatic N) is 2. The Hall–Kier alpha value is -4.00. The molecule has 198 valence electrons. The highest BCUT2D eigenvalue weighted by Crippen LogP contribution is 2.30. The Bertz CT molecular complexity index is 1630. The Balaban J connectivity index is 1.61. The van der Waals surface area contributed by atoms with Crippen molar-refractivity contribution in [2.24, 2.45) is 0 Å². The minimum Gasteiger partial charge on any atom is -0.394 e. The van der Waals surface area contributed by atoms with Crippen molar-refractivity contribution < 1.29 is 17.7 Å². The molecule has 4 aromatic rings. The fraction of sp³-hybridized carbons (Fsp3) is 0.154. The van der Waals surface area contributed by atoms with Crippen LogP contribution in [0.15, 0.2) is 94.9 Å². The van der Waals surface area contributed by atoms with Gasteiger partial charge in [-0.05, 0) is 55.0 Å². The average molecular weight is 553 g/mol. The molecule has 2 unspecified atom stereocenters. The standard InChI is InChI=1S/C26H28N6O4S2/c1-18(17-33)29-25-24(16-28-26(31-25)30-21-7-6-10-23(15-21)37(2,27)34)19-11-13-20(14-12-19)32-38(35,36)22-8-4-3-5-9-22/h3-16,18,27,32-33H,17H2,1-2H3,(H2,28,29,30,31). The quantitative estimate of drug-likeness (QED) is 0.192. The van der Waals surface area contributed by atoms with E-state index in [1.54, 1.807) is 79.9 Å². The van der Waals surface area contributed by atoms with E-state index < -0.39 is 19.8 Å². The zero-order chi connectivity index (χ0) is 27.3. The van der Waals surface area contributed by atoms with Crippen LogP contribution < -0.4 is 15.4 Å². The number of benzene rings is 3. The zero-order valence-electron chi connectivity index (χ0n) is 20.8. The van der Waals surface area contributed by atoms with Crippen LogP contribution in [0.25, 0.3) is 11.1 Å². The van der Waals surface area contributed by atoms with Crippen LogP contribution in [0.3, 0.4) is 0 Å². The first kappa shape index (κ1) is 27.0. The van der Waals surface area contributed by atoms with E-state index >= 15 is 0 Å². The molecule has 2 atom stereocenters. The minimum atomic E-state index is -3.72. The lowest BCUT2D eigenvalue weighted by molar-refractivity contribution is 0.281. The predicted molar refractivity (Wildman–Crippen MR) is 150 cm³/mol. The zero-order valence-corrected chi connectivity index (χ0v) is 22.4. The van der Waals surface area contributed by atoms with Gasteiger partial charge in [0.25, 0.3) is 10.0 Å². The summed E-state index contributed by atoms with van der Waals surface area (Å²) in [6.07, 6.45) is 2.97. The lowest BCUT2D eigenvalue weighted by Crippen LogP contribution is -2.21. The molecule has 0 radical (unpaired) electrons. The average Bonchev–Trinajstić information content (AvgIpc) is 2.89. The molecule has 0 bridgehead atoms. The molecule has 1 aromatic heterocycles. The summed E-state index contributed by atoms with van der Waals surface area (Å²) in [7, 11) is -6.60. The number of sulfonamides is 1. The highest BCUT2D eigenvalue weighted by molar-refractivity contribution is 7.92. The fourth-order valence-corrected chi connectivity index (χ4v) is 5.29. The Morgan fingerprint density at radius 3 is 2.26 bits per heavy atom. The molecule has 0 saturated heterocycles. The second-order valence-electron chi connectivity index (χ2n) is 8.68. The van der Waals surface area contributed by atoms with Crippen LogP contribution in [-0.2, 0) is 19.8 Å². The van der Waals surface area contributed by atoms with Crippen molar-refractivity contribution in [2.75, 3.05) is 28.2 Å². The molecule has 3 aromatic carbocycles. The van der Waals surface area contributed by atoms with Crippen molar-refractivity contribution in [3.05, 3.63) is 85.1 Å². The third-order valence-corrected chi connectivity index (χ3v) is 8.04. The smallest absolute Gasteiger partial charge is 0.261 e.